The lowest BCUT2D eigenvalue weighted by Gasteiger charge is -2.02. The molecule has 2 rings (SSSR count). The van der Waals surface area contributed by atoms with Gasteiger partial charge in [-0.25, -0.2) is 17.7 Å². The SMILES string of the molecule is CNS(=O)(=O)CCNc1nc2ccccn2n1. The quantitative estimate of drug-likeness (QED) is 0.765. The Morgan fingerprint density at radius 3 is 2.94 bits per heavy atom. The second-order valence-electron chi connectivity index (χ2n) is 3.39. The summed E-state index contributed by atoms with van der Waals surface area (Å²) in [4.78, 5) is 4.18. The third-order valence-corrected chi connectivity index (χ3v) is 3.57. The van der Waals surface area contributed by atoms with Gasteiger partial charge in [-0.2, -0.15) is 4.98 Å². The van der Waals surface area contributed by atoms with Gasteiger partial charge in [-0.15, -0.1) is 5.10 Å². The first kappa shape index (κ1) is 11.8. The van der Waals surface area contributed by atoms with Gasteiger partial charge < -0.3 is 5.32 Å². The second kappa shape index (κ2) is 4.68. The van der Waals surface area contributed by atoms with Gasteiger partial charge in [0.15, 0.2) is 5.65 Å². The first-order chi connectivity index (χ1) is 8.11. The van der Waals surface area contributed by atoms with E-state index in [0.717, 1.165) is 0 Å². The van der Waals surface area contributed by atoms with Crippen molar-refractivity contribution >= 4 is 21.6 Å². The summed E-state index contributed by atoms with van der Waals surface area (Å²) < 4.78 is 26.2. The van der Waals surface area contributed by atoms with E-state index in [-0.39, 0.29) is 12.3 Å². The van der Waals surface area contributed by atoms with Gasteiger partial charge in [-0.3, -0.25) is 0 Å². The molecule has 17 heavy (non-hydrogen) atoms. The van der Waals surface area contributed by atoms with E-state index in [2.05, 4.69) is 20.1 Å². The van der Waals surface area contributed by atoms with Crippen LogP contribution < -0.4 is 10.0 Å². The van der Waals surface area contributed by atoms with Crippen molar-refractivity contribution in [3.8, 4) is 0 Å². The lowest BCUT2D eigenvalue weighted by molar-refractivity contribution is 0.588. The van der Waals surface area contributed by atoms with Crippen molar-refractivity contribution < 1.29 is 8.42 Å². The Bertz CT molecular complexity index is 574. The third-order valence-electron chi connectivity index (χ3n) is 2.21. The number of nitrogens with one attached hydrogen (secondary N) is 2. The zero-order valence-corrected chi connectivity index (χ0v) is 10.1. The molecule has 2 aromatic heterocycles. The minimum Gasteiger partial charge on any atom is -0.352 e. The van der Waals surface area contributed by atoms with Crippen molar-refractivity contribution in [3.05, 3.63) is 24.4 Å². The van der Waals surface area contributed by atoms with Crippen molar-refractivity contribution in [2.45, 2.75) is 0 Å². The van der Waals surface area contributed by atoms with Crippen LogP contribution in [0.4, 0.5) is 5.95 Å². The summed E-state index contributed by atoms with van der Waals surface area (Å²) in [5.74, 6) is 0.404. The van der Waals surface area contributed by atoms with Crippen molar-refractivity contribution in [2.75, 3.05) is 24.7 Å². The highest BCUT2D eigenvalue weighted by Crippen LogP contribution is 2.03. The number of hydrogen-bond acceptors (Lipinski definition) is 5. The van der Waals surface area contributed by atoms with Crippen LogP contribution in [0.15, 0.2) is 24.4 Å². The monoisotopic (exact) mass is 255 g/mol. The maximum absolute atomic E-state index is 11.2. The Labute approximate surface area is 98.9 Å². The molecule has 2 N–H and O–H groups in total. The fourth-order valence-electron chi connectivity index (χ4n) is 1.31. The summed E-state index contributed by atoms with van der Waals surface area (Å²) in [5.41, 5.74) is 0.714. The molecular formula is C9H13N5O2S. The zero-order valence-electron chi connectivity index (χ0n) is 9.29. The van der Waals surface area contributed by atoms with Crippen LogP contribution in [0, 0.1) is 0 Å². The highest BCUT2D eigenvalue weighted by molar-refractivity contribution is 7.89. The normalized spacial score (nSPS) is 11.8. The highest BCUT2D eigenvalue weighted by Gasteiger charge is 2.07. The van der Waals surface area contributed by atoms with Crippen LogP contribution in [-0.2, 0) is 10.0 Å². The average molecular weight is 255 g/mol. The number of nitrogens with zero attached hydrogens (tertiary/aromatic N) is 3. The summed E-state index contributed by atoms with van der Waals surface area (Å²) in [7, 11) is -1.81. The molecular weight excluding hydrogens is 242 g/mol. The number of rotatable bonds is 5. The van der Waals surface area contributed by atoms with Gasteiger partial charge in [0.05, 0.1) is 5.75 Å². The van der Waals surface area contributed by atoms with Crippen LogP contribution in [0.2, 0.25) is 0 Å². The maximum atomic E-state index is 11.2. The van der Waals surface area contributed by atoms with Crippen molar-refractivity contribution in [1.82, 2.24) is 19.3 Å². The van der Waals surface area contributed by atoms with Gasteiger partial charge in [-0.05, 0) is 19.2 Å². The van der Waals surface area contributed by atoms with Crippen molar-refractivity contribution in [1.29, 1.82) is 0 Å². The molecule has 0 aliphatic heterocycles. The highest BCUT2D eigenvalue weighted by atomic mass is 32.2. The molecule has 2 aromatic rings. The van der Waals surface area contributed by atoms with E-state index in [1.165, 1.54) is 7.05 Å². The Kier molecular flexibility index (Phi) is 3.25. The Morgan fingerprint density at radius 1 is 1.41 bits per heavy atom. The van der Waals surface area contributed by atoms with Crippen LogP contribution in [0.1, 0.15) is 0 Å². The zero-order chi connectivity index (χ0) is 12.3. The third kappa shape index (κ3) is 2.92. The van der Waals surface area contributed by atoms with Gasteiger partial charge in [-0.1, -0.05) is 6.07 Å². The Morgan fingerprint density at radius 2 is 2.24 bits per heavy atom. The molecule has 0 unspecified atom stereocenters. The molecule has 0 aliphatic rings. The van der Waals surface area contributed by atoms with E-state index in [4.69, 9.17) is 0 Å². The largest absolute Gasteiger partial charge is 0.352 e. The van der Waals surface area contributed by atoms with E-state index in [9.17, 15) is 8.42 Å². The molecule has 0 aliphatic carbocycles. The maximum Gasteiger partial charge on any atom is 0.243 e. The molecule has 7 nitrogen and oxygen atoms in total. The van der Waals surface area contributed by atoms with Crippen LogP contribution in [0.25, 0.3) is 5.65 Å². The average Bonchev–Trinajstić information content (AvgIpc) is 2.71. The van der Waals surface area contributed by atoms with Gasteiger partial charge in [0.25, 0.3) is 0 Å². The molecule has 92 valence electrons. The fraction of sp³-hybridized carbons (Fsp3) is 0.333. The van der Waals surface area contributed by atoms with Crippen molar-refractivity contribution in [3.63, 3.8) is 0 Å². The number of sulfonamides is 1. The van der Waals surface area contributed by atoms with E-state index in [1.54, 1.807) is 10.7 Å². The number of hydrogen-bond donors (Lipinski definition) is 2. The minimum atomic E-state index is -3.19. The second-order valence-corrected chi connectivity index (χ2v) is 5.43. The summed E-state index contributed by atoms with van der Waals surface area (Å²) in [6.07, 6.45) is 1.78. The molecule has 0 spiro atoms. The first-order valence-corrected chi connectivity index (χ1v) is 6.72. The number of pyridine rings is 1. The van der Waals surface area contributed by atoms with E-state index in [1.807, 2.05) is 18.2 Å². The smallest absolute Gasteiger partial charge is 0.243 e. The summed E-state index contributed by atoms with van der Waals surface area (Å²) in [6.45, 7) is 0.264. The lowest BCUT2D eigenvalue weighted by atomic mass is 10.5. The lowest BCUT2D eigenvalue weighted by Crippen LogP contribution is -2.26. The molecule has 0 aromatic carbocycles. The Hall–Kier alpha value is -1.67. The molecule has 0 fully saturated rings. The molecule has 0 atom stereocenters. The Balaban J connectivity index is 2.00. The number of aromatic nitrogens is 3. The number of fused-ring (bicyclic) bond motifs is 1. The van der Waals surface area contributed by atoms with E-state index in [0.29, 0.717) is 11.6 Å². The van der Waals surface area contributed by atoms with E-state index < -0.39 is 10.0 Å². The van der Waals surface area contributed by atoms with Crippen LogP contribution in [0.5, 0.6) is 0 Å². The van der Waals surface area contributed by atoms with Crippen LogP contribution in [0.3, 0.4) is 0 Å². The predicted molar refractivity (Wildman–Crippen MR) is 64.3 cm³/mol. The van der Waals surface area contributed by atoms with Gasteiger partial charge >= 0.3 is 0 Å². The topological polar surface area (TPSA) is 88.4 Å². The van der Waals surface area contributed by atoms with Gasteiger partial charge in [0, 0.05) is 12.7 Å². The molecule has 0 radical (unpaired) electrons. The van der Waals surface area contributed by atoms with Crippen LogP contribution in [-0.4, -0.2) is 42.4 Å². The standard InChI is InChI=1S/C9H13N5O2S/c1-10-17(15,16)7-5-11-9-12-8-4-2-3-6-14(8)13-9/h2-4,6,10H,5,7H2,1H3,(H,11,13). The van der Waals surface area contributed by atoms with Crippen LogP contribution >= 0.6 is 0 Å². The molecule has 2 heterocycles. The molecule has 0 bridgehead atoms. The van der Waals surface area contributed by atoms with Crippen molar-refractivity contribution in [2.24, 2.45) is 0 Å². The summed E-state index contributed by atoms with van der Waals surface area (Å²) in [6, 6.07) is 5.53. The molecule has 0 saturated carbocycles. The number of anilines is 1. The summed E-state index contributed by atoms with van der Waals surface area (Å²) >= 11 is 0. The fourth-order valence-corrected chi connectivity index (χ4v) is 1.88. The van der Waals surface area contributed by atoms with Gasteiger partial charge in [0.2, 0.25) is 16.0 Å². The minimum absolute atomic E-state index is 0.0148. The molecule has 0 amide bonds. The van der Waals surface area contributed by atoms with E-state index >= 15 is 0 Å². The molecule has 0 saturated heterocycles. The predicted octanol–water partition coefficient (Wildman–Crippen LogP) is -0.310. The molecule has 8 heteroatoms. The summed E-state index contributed by atoms with van der Waals surface area (Å²) in [5, 5.41) is 7.00. The van der Waals surface area contributed by atoms with Gasteiger partial charge in [0.1, 0.15) is 0 Å². The first-order valence-electron chi connectivity index (χ1n) is 5.07.